The van der Waals surface area contributed by atoms with Gasteiger partial charge >= 0.3 is 0 Å². The first kappa shape index (κ1) is 29.9. The van der Waals surface area contributed by atoms with Crippen LogP contribution in [0.15, 0.2) is 60.9 Å². The third-order valence-corrected chi connectivity index (χ3v) is 7.81. The molecule has 0 spiro atoms. The topological polar surface area (TPSA) is 64.3 Å². The lowest BCUT2D eigenvalue weighted by Crippen LogP contribution is -2.33. The molecular formula is C32H44N2O3S. The Labute approximate surface area is 230 Å². The molecule has 38 heavy (non-hydrogen) atoms. The van der Waals surface area contributed by atoms with Crippen molar-refractivity contribution in [3.05, 3.63) is 72.1 Å². The van der Waals surface area contributed by atoms with Crippen LogP contribution in [0.3, 0.4) is 0 Å². The van der Waals surface area contributed by atoms with Gasteiger partial charge in [-0.05, 0) is 35.4 Å². The number of fused-ring (bicyclic) bond motifs is 1. The van der Waals surface area contributed by atoms with Gasteiger partial charge < -0.3 is 9.45 Å². The normalized spacial score (nSPS) is 12.0. The molecule has 3 aromatic rings. The van der Waals surface area contributed by atoms with E-state index in [1.165, 1.54) is 73.4 Å². The van der Waals surface area contributed by atoms with E-state index in [2.05, 4.69) is 67.3 Å². The van der Waals surface area contributed by atoms with E-state index in [9.17, 15) is 13.0 Å². The van der Waals surface area contributed by atoms with E-state index in [-0.39, 0.29) is 5.75 Å². The average Bonchev–Trinajstić information content (AvgIpc) is 2.91. The molecule has 0 amide bonds. The maximum Gasteiger partial charge on any atom is 0.169 e. The van der Waals surface area contributed by atoms with E-state index in [1.54, 1.807) is 0 Å². The summed E-state index contributed by atoms with van der Waals surface area (Å²) in [6, 6.07) is 17.3. The predicted molar refractivity (Wildman–Crippen MR) is 159 cm³/mol. The van der Waals surface area contributed by atoms with E-state index in [0.29, 0.717) is 13.0 Å². The quantitative estimate of drug-likeness (QED) is 0.104. The first-order chi connectivity index (χ1) is 18.4. The van der Waals surface area contributed by atoms with Crippen molar-refractivity contribution in [2.75, 3.05) is 23.7 Å². The van der Waals surface area contributed by atoms with Crippen LogP contribution in [0.1, 0.15) is 82.8 Å². The van der Waals surface area contributed by atoms with Gasteiger partial charge in [0.05, 0.1) is 10.1 Å². The summed E-state index contributed by atoms with van der Waals surface area (Å²) in [6.07, 6.45) is 18.6. The number of hydrogen-bond acceptors (Lipinski definition) is 4. The number of anilines is 1. The van der Waals surface area contributed by atoms with Crippen molar-refractivity contribution in [3.8, 4) is 0 Å². The summed E-state index contributed by atoms with van der Waals surface area (Å²) in [7, 11) is -4.16. The molecule has 2 aromatic carbocycles. The van der Waals surface area contributed by atoms with Crippen LogP contribution >= 0.6 is 0 Å². The smallest absolute Gasteiger partial charge is 0.169 e. The van der Waals surface area contributed by atoms with Crippen molar-refractivity contribution in [1.82, 2.24) is 0 Å². The molecule has 0 saturated carbocycles. The number of nitrogens with zero attached hydrogens (tertiary/aromatic N) is 2. The Kier molecular flexibility index (Phi) is 12.3. The summed E-state index contributed by atoms with van der Waals surface area (Å²) in [6.45, 7) is 7.25. The molecule has 0 atom stereocenters. The number of aromatic nitrogens is 1. The highest BCUT2D eigenvalue weighted by Gasteiger charge is 2.11. The van der Waals surface area contributed by atoms with E-state index in [1.807, 2.05) is 29.1 Å². The average molecular weight is 537 g/mol. The molecule has 0 aliphatic carbocycles. The first-order valence-corrected chi connectivity index (χ1v) is 15.9. The van der Waals surface area contributed by atoms with Crippen molar-refractivity contribution < 1.29 is 17.5 Å². The Morgan fingerprint density at radius 3 is 2.03 bits per heavy atom. The zero-order valence-electron chi connectivity index (χ0n) is 23.1. The van der Waals surface area contributed by atoms with Crippen molar-refractivity contribution in [2.45, 2.75) is 78.2 Å². The highest BCUT2D eigenvalue weighted by atomic mass is 32.2. The standard InChI is InChI=1S/C32H44N2O3S/c1-3-5-7-9-23-34(24-10-8-6-4-2)32-17-12-15-30-29(14-11-16-31(30)32)19-18-28-20-25-33(26-21-28)22-13-27-38(35,36)37/h11-12,14-21,25-26H,3-10,13,22-24,27H2,1-2H3. The zero-order valence-corrected chi connectivity index (χ0v) is 24.0. The van der Waals surface area contributed by atoms with Gasteiger partial charge in [0.1, 0.15) is 6.54 Å². The molecule has 0 fully saturated rings. The molecule has 0 N–H and O–H groups in total. The number of hydrogen-bond donors (Lipinski definition) is 0. The van der Waals surface area contributed by atoms with E-state index in [4.69, 9.17) is 0 Å². The fourth-order valence-electron chi connectivity index (χ4n) is 4.89. The first-order valence-electron chi connectivity index (χ1n) is 14.3. The van der Waals surface area contributed by atoms with Crippen LogP contribution in [-0.2, 0) is 16.7 Å². The maximum atomic E-state index is 10.8. The van der Waals surface area contributed by atoms with Gasteiger partial charge in [0.15, 0.2) is 12.4 Å². The van der Waals surface area contributed by atoms with E-state index >= 15 is 0 Å². The summed E-state index contributed by atoms with van der Waals surface area (Å²) >= 11 is 0. The van der Waals surface area contributed by atoms with Crippen LogP contribution in [0.2, 0.25) is 0 Å². The molecule has 0 radical (unpaired) electrons. The monoisotopic (exact) mass is 536 g/mol. The number of rotatable bonds is 17. The van der Waals surface area contributed by atoms with Crippen LogP contribution in [0.4, 0.5) is 5.69 Å². The van der Waals surface area contributed by atoms with Crippen LogP contribution in [0.5, 0.6) is 0 Å². The number of aryl methyl sites for hydroxylation is 1. The Balaban J connectivity index is 1.76. The lowest BCUT2D eigenvalue weighted by atomic mass is 10.0. The van der Waals surface area contributed by atoms with Crippen molar-refractivity contribution in [3.63, 3.8) is 0 Å². The minimum absolute atomic E-state index is 0.318. The number of benzene rings is 2. The Bertz CT molecular complexity index is 1240. The van der Waals surface area contributed by atoms with Crippen LogP contribution in [0, 0.1) is 0 Å². The van der Waals surface area contributed by atoms with Crippen molar-refractivity contribution in [2.24, 2.45) is 0 Å². The van der Waals surface area contributed by atoms with Crippen LogP contribution in [0.25, 0.3) is 22.9 Å². The Hall–Kier alpha value is -2.70. The van der Waals surface area contributed by atoms with Gasteiger partial charge in [-0.15, -0.1) is 0 Å². The van der Waals surface area contributed by atoms with Gasteiger partial charge in [0.2, 0.25) is 0 Å². The summed E-state index contributed by atoms with van der Waals surface area (Å²) in [4.78, 5) is 2.61. The summed E-state index contributed by atoms with van der Waals surface area (Å²) in [5.41, 5.74) is 3.60. The lowest BCUT2D eigenvalue weighted by molar-refractivity contribution is -0.696. The fourth-order valence-corrected chi connectivity index (χ4v) is 5.37. The van der Waals surface area contributed by atoms with E-state index < -0.39 is 10.1 Å². The van der Waals surface area contributed by atoms with Crippen molar-refractivity contribution in [1.29, 1.82) is 0 Å². The van der Waals surface area contributed by atoms with E-state index in [0.717, 1.165) is 18.7 Å². The molecule has 0 aliphatic rings. The molecule has 0 aliphatic heterocycles. The van der Waals surface area contributed by atoms with Gasteiger partial charge in [0.25, 0.3) is 0 Å². The van der Waals surface area contributed by atoms with Crippen LogP contribution in [-0.4, -0.2) is 31.8 Å². The summed E-state index contributed by atoms with van der Waals surface area (Å²) < 4.78 is 34.3. The molecule has 3 rings (SSSR count). The molecule has 5 nitrogen and oxygen atoms in total. The van der Waals surface area contributed by atoms with Gasteiger partial charge in [-0.2, -0.15) is 0 Å². The Morgan fingerprint density at radius 2 is 1.39 bits per heavy atom. The molecule has 0 unspecified atom stereocenters. The second-order valence-electron chi connectivity index (χ2n) is 10.1. The minimum atomic E-state index is -4.16. The predicted octanol–water partition coefficient (Wildman–Crippen LogP) is 7.20. The second-order valence-corrected chi connectivity index (χ2v) is 11.7. The zero-order chi connectivity index (χ0) is 27.2. The molecule has 1 aromatic heterocycles. The third kappa shape index (κ3) is 9.88. The van der Waals surface area contributed by atoms with Gasteiger partial charge in [-0.1, -0.05) is 94.9 Å². The lowest BCUT2D eigenvalue weighted by Gasteiger charge is -2.27. The van der Waals surface area contributed by atoms with Crippen molar-refractivity contribution >= 4 is 38.7 Å². The SMILES string of the molecule is CCCCCCN(CCCCCC)c1cccc2c(/C=C/c3cc[n+](CCCS(=O)(=O)[O-])cc3)cccc12. The molecular weight excluding hydrogens is 492 g/mol. The van der Waals surface area contributed by atoms with Gasteiger partial charge in [-0.25, -0.2) is 13.0 Å². The largest absolute Gasteiger partial charge is 0.748 e. The highest BCUT2D eigenvalue weighted by Crippen LogP contribution is 2.31. The number of pyridine rings is 1. The fraction of sp³-hybridized carbons (Fsp3) is 0.469. The van der Waals surface area contributed by atoms with Crippen LogP contribution < -0.4 is 9.47 Å². The minimum Gasteiger partial charge on any atom is -0.748 e. The third-order valence-electron chi connectivity index (χ3n) is 7.02. The highest BCUT2D eigenvalue weighted by molar-refractivity contribution is 7.85. The molecule has 206 valence electrons. The maximum absolute atomic E-state index is 10.8. The molecule has 6 heteroatoms. The second kappa shape index (κ2) is 15.6. The summed E-state index contributed by atoms with van der Waals surface area (Å²) in [5.74, 6) is -0.334. The van der Waals surface area contributed by atoms with Gasteiger partial charge in [-0.3, -0.25) is 0 Å². The van der Waals surface area contributed by atoms with Gasteiger partial charge in [0, 0.05) is 48.5 Å². The summed E-state index contributed by atoms with van der Waals surface area (Å²) in [5, 5.41) is 2.57. The number of unbranched alkanes of at least 4 members (excludes halogenated alkanes) is 6. The molecule has 0 bridgehead atoms. The molecule has 1 heterocycles. The molecule has 0 saturated heterocycles. The Morgan fingerprint density at radius 1 is 0.763 bits per heavy atom.